The number of benzene rings is 1. The fourth-order valence-corrected chi connectivity index (χ4v) is 3.86. The van der Waals surface area contributed by atoms with E-state index in [1.807, 2.05) is 47.9 Å². The first-order valence-electron chi connectivity index (χ1n) is 9.36. The zero-order chi connectivity index (χ0) is 19.8. The largest absolute Gasteiger partial charge is 0.361 e. The van der Waals surface area contributed by atoms with Crippen molar-refractivity contribution in [1.82, 2.24) is 14.3 Å². The summed E-state index contributed by atoms with van der Waals surface area (Å²) in [6, 6.07) is 6.65. The molecule has 0 spiro atoms. The molecule has 1 fully saturated rings. The molecule has 28 heavy (non-hydrogen) atoms. The van der Waals surface area contributed by atoms with Crippen LogP contribution < -0.4 is 4.90 Å². The van der Waals surface area contributed by atoms with Crippen LogP contribution in [0.15, 0.2) is 42.7 Å². The van der Waals surface area contributed by atoms with Crippen LogP contribution in [0.4, 0.5) is 14.6 Å². The molecule has 0 saturated carbocycles. The van der Waals surface area contributed by atoms with Crippen LogP contribution in [0.2, 0.25) is 0 Å². The van der Waals surface area contributed by atoms with E-state index in [9.17, 15) is 13.6 Å². The minimum atomic E-state index is -0.751. The van der Waals surface area contributed by atoms with Crippen LogP contribution in [-0.4, -0.2) is 40.8 Å². The van der Waals surface area contributed by atoms with Crippen molar-refractivity contribution in [2.75, 3.05) is 25.5 Å². The molecular weight excluding hydrogens is 362 g/mol. The van der Waals surface area contributed by atoms with E-state index in [4.69, 9.17) is 4.98 Å². The van der Waals surface area contributed by atoms with E-state index in [1.54, 1.807) is 4.90 Å². The van der Waals surface area contributed by atoms with Crippen LogP contribution >= 0.6 is 0 Å². The van der Waals surface area contributed by atoms with E-state index < -0.39 is 11.6 Å². The van der Waals surface area contributed by atoms with Crippen LogP contribution in [-0.2, 0) is 0 Å². The molecule has 1 saturated heterocycles. The summed E-state index contributed by atoms with van der Waals surface area (Å²) in [6.45, 7) is 0.532. The number of hydrogen-bond acceptors (Lipinski definition) is 3. The minimum absolute atomic E-state index is 0.0271. The lowest BCUT2D eigenvalue weighted by Crippen LogP contribution is -2.39. The maximum Gasteiger partial charge on any atom is 0.254 e. The van der Waals surface area contributed by atoms with E-state index >= 15 is 0 Å². The maximum atomic E-state index is 13.6. The van der Waals surface area contributed by atoms with Crippen molar-refractivity contribution in [3.05, 3.63) is 65.6 Å². The summed E-state index contributed by atoms with van der Waals surface area (Å²) >= 11 is 0. The van der Waals surface area contributed by atoms with Gasteiger partial charge in [0, 0.05) is 44.7 Å². The fraction of sp³-hybridized carbons (Fsp3) is 0.333. The summed E-state index contributed by atoms with van der Waals surface area (Å²) in [5.74, 6) is -1.06. The number of anilines is 1. The fourth-order valence-electron chi connectivity index (χ4n) is 3.86. The highest BCUT2D eigenvalue weighted by atomic mass is 19.1. The third-order valence-electron chi connectivity index (χ3n) is 5.15. The van der Waals surface area contributed by atoms with E-state index in [0.29, 0.717) is 6.54 Å². The first kappa shape index (κ1) is 18.4. The Labute approximate surface area is 162 Å². The highest BCUT2D eigenvalue weighted by Gasteiger charge is 2.31. The van der Waals surface area contributed by atoms with Gasteiger partial charge in [0.05, 0.1) is 17.3 Å². The van der Waals surface area contributed by atoms with Gasteiger partial charge in [0.1, 0.15) is 11.6 Å². The highest BCUT2D eigenvalue weighted by molar-refractivity contribution is 5.94. The number of nitrogens with zero attached hydrogens (tertiary/aromatic N) is 4. The summed E-state index contributed by atoms with van der Waals surface area (Å²) in [7, 11) is 3.86. The quantitative estimate of drug-likeness (QED) is 0.684. The molecule has 1 aliphatic heterocycles. The predicted octanol–water partition coefficient (Wildman–Crippen LogP) is 4.05. The van der Waals surface area contributed by atoms with E-state index in [2.05, 4.69) is 0 Å². The standard InChI is InChI=1S/C21H22F2N4O/c1-25(2)20-19-7-5-8-26(19)13-17(24-20)18-6-3-4-9-27(18)21(28)14-10-15(22)12-16(23)11-14/h5,7-8,10-13,18H,3-4,6,9H2,1-2H3/t18-/m0/s1. The molecule has 1 amide bonds. The lowest BCUT2D eigenvalue weighted by atomic mass is 9.98. The van der Waals surface area contributed by atoms with Gasteiger partial charge < -0.3 is 14.2 Å². The highest BCUT2D eigenvalue weighted by Crippen LogP contribution is 2.33. The number of rotatable bonds is 3. The van der Waals surface area contributed by atoms with Crippen molar-refractivity contribution in [3.8, 4) is 0 Å². The third kappa shape index (κ3) is 3.32. The van der Waals surface area contributed by atoms with Crippen molar-refractivity contribution in [1.29, 1.82) is 0 Å². The van der Waals surface area contributed by atoms with Crippen molar-refractivity contribution < 1.29 is 13.6 Å². The monoisotopic (exact) mass is 384 g/mol. The zero-order valence-electron chi connectivity index (χ0n) is 15.9. The zero-order valence-corrected chi connectivity index (χ0v) is 15.9. The van der Waals surface area contributed by atoms with Gasteiger partial charge in [0.2, 0.25) is 0 Å². The van der Waals surface area contributed by atoms with Crippen LogP contribution in [0.1, 0.15) is 41.4 Å². The molecule has 0 aliphatic carbocycles. The first-order valence-corrected chi connectivity index (χ1v) is 9.36. The summed E-state index contributed by atoms with van der Waals surface area (Å²) in [5, 5.41) is 0. The third-order valence-corrected chi connectivity index (χ3v) is 5.15. The van der Waals surface area contributed by atoms with Gasteiger partial charge in [-0.15, -0.1) is 0 Å². The molecule has 146 valence electrons. The van der Waals surface area contributed by atoms with Crippen molar-refractivity contribution >= 4 is 17.2 Å². The number of fused-ring (bicyclic) bond motifs is 1. The minimum Gasteiger partial charge on any atom is -0.361 e. The average Bonchev–Trinajstić information content (AvgIpc) is 3.14. The summed E-state index contributed by atoms with van der Waals surface area (Å²) < 4.78 is 29.2. The number of halogens is 2. The van der Waals surface area contributed by atoms with Crippen molar-refractivity contribution in [2.45, 2.75) is 25.3 Å². The van der Waals surface area contributed by atoms with Crippen LogP contribution in [0, 0.1) is 11.6 Å². The molecule has 0 bridgehead atoms. The Bertz CT molecular complexity index is 1010. The number of aromatic nitrogens is 2. The van der Waals surface area contributed by atoms with E-state index in [-0.39, 0.29) is 17.5 Å². The maximum absolute atomic E-state index is 13.6. The van der Waals surface area contributed by atoms with Gasteiger partial charge in [-0.3, -0.25) is 4.79 Å². The predicted molar refractivity (Wildman–Crippen MR) is 104 cm³/mol. The summed E-state index contributed by atoms with van der Waals surface area (Å²) in [5.41, 5.74) is 1.78. The van der Waals surface area contributed by atoms with Crippen LogP contribution in [0.5, 0.6) is 0 Å². The molecule has 3 aromatic rings. The van der Waals surface area contributed by atoms with Gasteiger partial charge in [-0.25, -0.2) is 13.8 Å². The summed E-state index contributed by atoms with van der Waals surface area (Å²) in [4.78, 5) is 21.5. The van der Waals surface area contributed by atoms with Gasteiger partial charge >= 0.3 is 0 Å². The second kappa shape index (κ2) is 7.22. The molecule has 2 aromatic heterocycles. The van der Waals surface area contributed by atoms with Crippen LogP contribution in [0.3, 0.4) is 0 Å². The Morgan fingerprint density at radius 3 is 2.64 bits per heavy atom. The second-order valence-corrected chi connectivity index (χ2v) is 7.35. The lowest BCUT2D eigenvalue weighted by Gasteiger charge is -2.36. The van der Waals surface area contributed by atoms with Crippen LogP contribution in [0.25, 0.3) is 5.52 Å². The lowest BCUT2D eigenvalue weighted by molar-refractivity contribution is 0.0604. The SMILES string of the molecule is CN(C)c1nc([C@@H]2CCCCN2C(=O)c2cc(F)cc(F)c2)cn2cccc12. The second-order valence-electron chi connectivity index (χ2n) is 7.35. The molecule has 3 heterocycles. The van der Waals surface area contributed by atoms with Gasteiger partial charge in [0.15, 0.2) is 5.82 Å². The Balaban J connectivity index is 1.75. The molecule has 0 radical (unpaired) electrons. The topological polar surface area (TPSA) is 40.9 Å². The van der Waals surface area contributed by atoms with Crippen molar-refractivity contribution in [3.63, 3.8) is 0 Å². The smallest absolute Gasteiger partial charge is 0.254 e. The number of amides is 1. The van der Waals surface area contributed by atoms with E-state index in [0.717, 1.165) is 54.5 Å². The first-order chi connectivity index (χ1) is 13.4. The molecule has 4 rings (SSSR count). The molecule has 5 nitrogen and oxygen atoms in total. The molecule has 1 atom stereocenters. The molecule has 1 aliphatic rings. The van der Waals surface area contributed by atoms with Gasteiger partial charge in [-0.05, 0) is 43.5 Å². The average molecular weight is 384 g/mol. The molecule has 0 N–H and O–H groups in total. The van der Waals surface area contributed by atoms with Gasteiger partial charge in [-0.2, -0.15) is 0 Å². The molecule has 7 heteroatoms. The Kier molecular flexibility index (Phi) is 4.75. The normalized spacial score (nSPS) is 17.1. The summed E-state index contributed by atoms with van der Waals surface area (Å²) in [6.07, 6.45) is 6.46. The van der Waals surface area contributed by atoms with Gasteiger partial charge in [-0.1, -0.05) is 0 Å². The van der Waals surface area contributed by atoms with E-state index in [1.165, 1.54) is 0 Å². The number of carbonyl (C=O) groups excluding carboxylic acids is 1. The molecule has 0 unspecified atom stereocenters. The van der Waals surface area contributed by atoms with Gasteiger partial charge in [0.25, 0.3) is 5.91 Å². The number of likely N-dealkylation sites (tertiary alicyclic amines) is 1. The Morgan fingerprint density at radius 1 is 1.18 bits per heavy atom. The number of carbonyl (C=O) groups is 1. The number of piperidine rings is 1. The molecular formula is C21H22F2N4O. The van der Waals surface area contributed by atoms with Crippen molar-refractivity contribution in [2.24, 2.45) is 0 Å². The number of hydrogen-bond donors (Lipinski definition) is 0. The Morgan fingerprint density at radius 2 is 1.93 bits per heavy atom. The molecule has 1 aromatic carbocycles. The Hall–Kier alpha value is -2.96.